The Morgan fingerprint density at radius 2 is 0.818 bits per heavy atom. The fourth-order valence-electron chi connectivity index (χ4n) is 5.92. The SMILES string of the molecule is Cc1ccc(N(c2ccccc2)c2ccc3c(c2)S(=O)(=O)c2cc(N(c4ccccc4)c4ccc(C)c(C)c4)ccc2-3)cc1. The second-order valence-electron chi connectivity index (χ2n) is 11.3. The van der Waals surface area contributed by atoms with Crippen LogP contribution < -0.4 is 9.80 Å². The molecule has 6 aromatic rings. The predicted molar refractivity (Wildman–Crippen MR) is 181 cm³/mol. The van der Waals surface area contributed by atoms with Crippen LogP contribution in [0.2, 0.25) is 0 Å². The van der Waals surface area contributed by atoms with Gasteiger partial charge in [0.25, 0.3) is 0 Å². The summed E-state index contributed by atoms with van der Waals surface area (Å²) in [7, 11) is -3.78. The summed E-state index contributed by atoms with van der Waals surface area (Å²) < 4.78 is 28.6. The van der Waals surface area contributed by atoms with E-state index in [9.17, 15) is 8.42 Å². The van der Waals surface area contributed by atoms with Crippen molar-refractivity contribution in [3.05, 3.63) is 156 Å². The number of anilines is 6. The van der Waals surface area contributed by atoms with Gasteiger partial charge >= 0.3 is 0 Å². The van der Waals surface area contributed by atoms with Gasteiger partial charge in [0.15, 0.2) is 0 Å². The van der Waals surface area contributed by atoms with Crippen LogP contribution in [-0.4, -0.2) is 8.42 Å². The highest BCUT2D eigenvalue weighted by molar-refractivity contribution is 7.92. The Labute approximate surface area is 259 Å². The molecule has 0 radical (unpaired) electrons. The Kier molecular flexibility index (Phi) is 6.83. The molecule has 216 valence electrons. The van der Waals surface area contributed by atoms with Crippen LogP contribution >= 0.6 is 0 Å². The van der Waals surface area contributed by atoms with Crippen molar-refractivity contribution in [2.45, 2.75) is 30.6 Å². The van der Waals surface area contributed by atoms with E-state index in [1.54, 1.807) is 0 Å². The summed E-state index contributed by atoms with van der Waals surface area (Å²) in [6.07, 6.45) is 0. The number of benzene rings is 6. The average Bonchev–Trinajstić information content (AvgIpc) is 3.27. The molecular formula is C39H32N2O2S. The van der Waals surface area contributed by atoms with Gasteiger partial charge in [-0.15, -0.1) is 0 Å². The summed E-state index contributed by atoms with van der Waals surface area (Å²) >= 11 is 0. The molecular weight excluding hydrogens is 561 g/mol. The molecule has 44 heavy (non-hydrogen) atoms. The molecule has 7 rings (SSSR count). The molecule has 0 unspecified atom stereocenters. The quantitative estimate of drug-likeness (QED) is 0.193. The molecule has 0 spiro atoms. The molecule has 5 heteroatoms. The summed E-state index contributed by atoms with van der Waals surface area (Å²) in [4.78, 5) is 4.87. The number of rotatable bonds is 6. The van der Waals surface area contributed by atoms with E-state index in [1.807, 2.05) is 97.1 Å². The number of aryl methyl sites for hydroxylation is 3. The van der Waals surface area contributed by atoms with E-state index in [2.05, 4.69) is 73.0 Å². The number of hydrogen-bond acceptors (Lipinski definition) is 4. The monoisotopic (exact) mass is 592 g/mol. The summed E-state index contributed by atoms with van der Waals surface area (Å²) in [5.41, 5.74) is 10.4. The molecule has 0 aliphatic carbocycles. The Balaban J connectivity index is 1.35. The second-order valence-corrected chi connectivity index (χ2v) is 13.2. The number of para-hydroxylation sites is 2. The molecule has 0 atom stereocenters. The smallest absolute Gasteiger partial charge is 0.207 e. The van der Waals surface area contributed by atoms with Crippen molar-refractivity contribution in [3.8, 4) is 11.1 Å². The lowest BCUT2D eigenvalue weighted by Crippen LogP contribution is -2.11. The summed E-state index contributed by atoms with van der Waals surface area (Å²) in [6.45, 7) is 6.25. The maximum atomic E-state index is 14.3. The van der Waals surface area contributed by atoms with Crippen molar-refractivity contribution in [2.75, 3.05) is 9.80 Å². The van der Waals surface area contributed by atoms with Gasteiger partial charge in [0.2, 0.25) is 9.84 Å². The van der Waals surface area contributed by atoms with Gasteiger partial charge in [-0.3, -0.25) is 0 Å². The van der Waals surface area contributed by atoms with Crippen molar-refractivity contribution < 1.29 is 8.42 Å². The van der Waals surface area contributed by atoms with Crippen LogP contribution in [0, 0.1) is 20.8 Å². The average molecular weight is 593 g/mol. The predicted octanol–water partition coefficient (Wildman–Crippen LogP) is 10.4. The number of nitrogens with zero attached hydrogens (tertiary/aromatic N) is 2. The van der Waals surface area contributed by atoms with Gasteiger partial charge in [0.1, 0.15) is 0 Å². The molecule has 0 N–H and O–H groups in total. The molecule has 1 heterocycles. The molecule has 6 aromatic carbocycles. The molecule has 0 saturated carbocycles. The number of fused-ring (bicyclic) bond motifs is 3. The van der Waals surface area contributed by atoms with E-state index in [0.29, 0.717) is 9.79 Å². The fourth-order valence-corrected chi connectivity index (χ4v) is 7.64. The van der Waals surface area contributed by atoms with Gasteiger partial charge in [-0.1, -0.05) is 72.3 Å². The third-order valence-electron chi connectivity index (χ3n) is 8.39. The van der Waals surface area contributed by atoms with Gasteiger partial charge in [0, 0.05) is 45.3 Å². The van der Waals surface area contributed by atoms with E-state index in [0.717, 1.165) is 50.8 Å². The van der Waals surface area contributed by atoms with Gasteiger partial charge in [-0.05, 0) is 105 Å². The van der Waals surface area contributed by atoms with Crippen molar-refractivity contribution in [3.63, 3.8) is 0 Å². The van der Waals surface area contributed by atoms with Crippen molar-refractivity contribution in [1.82, 2.24) is 0 Å². The van der Waals surface area contributed by atoms with Crippen LogP contribution in [0.4, 0.5) is 34.1 Å². The molecule has 0 saturated heterocycles. The Morgan fingerprint density at radius 3 is 1.32 bits per heavy atom. The van der Waals surface area contributed by atoms with Crippen LogP contribution in [0.15, 0.2) is 149 Å². The highest BCUT2D eigenvalue weighted by Gasteiger charge is 2.34. The first-order valence-electron chi connectivity index (χ1n) is 14.7. The number of hydrogen-bond donors (Lipinski definition) is 0. The van der Waals surface area contributed by atoms with E-state index >= 15 is 0 Å². The standard InChI is InChI=1S/C39H32N2O2S/c1-27-14-17-32(18-15-27)40(30-10-6-4-7-11-30)34-20-22-36-37-23-21-35(26-39(37)44(42,43)38(36)25-34)41(31-12-8-5-9-13-31)33-19-16-28(2)29(3)24-33/h4-26H,1-3H3. The van der Waals surface area contributed by atoms with Crippen molar-refractivity contribution in [1.29, 1.82) is 0 Å². The third kappa shape index (κ3) is 4.76. The Bertz CT molecular complexity index is 2110. The molecule has 0 amide bonds. The van der Waals surface area contributed by atoms with E-state index in [-0.39, 0.29) is 0 Å². The normalized spacial score (nSPS) is 12.8. The van der Waals surface area contributed by atoms with Gasteiger partial charge in [0.05, 0.1) is 9.79 Å². The zero-order chi connectivity index (χ0) is 30.4. The highest BCUT2D eigenvalue weighted by Crippen LogP contribution is 2.48. The maximum absolute atomic E-state index is 14.3. The maximum Gasteiger partial charge on any atom is 0.207 e. The first kappa shape index (κ1) is 27.7. The van der Waals surface area contributed by atoms with Crippen molar-refractivity contribution in [2.24, 2.45) is 0 Å². The van der Waals surface area contributed by atoms with Crippen LogP contribution in [0.3, 0.4) is 0 Å². The molecule has 1 aliphatic rings. The fraction of sp³-hybridized carbons (Fsp3) is 0.0769. The van der Waals surface area contributed by atoms with Crippen LogP contribution in [0.5, 0.6) is 0 Å². The van der Waals surface area contributed by atoms with Gasteiger partial charge in [-0.25, -0.2) is 8.42 Å². The lowest BCUT2D eigenvalue weighted by Gasteiger charge is -2.26. The van der Waals surface area contributed by atoms with Crippen molar-refractivity contribution >= 4 is 44.0 Å². The first-order chi connectivity index (χ1) is 21.3. The minimum absolute atomic E-state index is 0.327. The molecule has 4 nitrogen and oxygen atoms in total. The Morgan fingerprint density at radius 1 is 0.409 bits per heavy atom. The van der Waals surface area contributed by atoms with Crippen LogP contribution in [0.25, 0.3) is 11.1 Å². The Hall–Kier alpha value is -5.13. The highest BCUT2D eigenvalue weighted by atomic mass is 32.2. The first-order valence-corrected chi connectivity index (χ1v) is 16.2. The largest absolute Gasteiger partial charge is 0.310 e. The van der Waals surface area contributed by atoms with E-state index in [4.69, 9.17) is 0 Å². The lowest BCUT2D eigenvalue weighted by molar-refractivity contribution is 0.598. The summed E-state index contributed by atoms with van der Waals surface area (Å²) in [5.74, 6) is 0. The third-order valence-corrected chi connectivity index (χ3v) is 10.2. The topological polar surface area (TPSA) is 40.6 Å². The summed E-state index contributed by atoms with van der Waals surface area (Å²) in [5, 5.41) is 0. The van der Waals surface area contributed by atoms with Gasteiger partial charge < -0.3 is 9.80 Å². The molecule has 0 bridgehead atoms. The van der Waals surface area contributed by atoms with Crippen LogP contribution in [-0.2, 0) is 9.84 Å². The molecule has 0 fully saturated rings. The van der Waals surface area contributed by atoms with E-state index < -0.39 is 9.84 Å². The van der Waals surface area contributed by atoms with Crippen LogP contribution in [0.1, 0.15) is 16.7 Å². The minimum Gasteiger partial charge on any atom is -0.310 e. The van der Waals surface area contributed by atoms with E-state index in [1.165, 1.54) is 11.1 Å². The lowest BCUT2D eigenvalue weighted by atomic mass is 10.0. The second kappa shape index (κ2) is 10.9. The molecule has 0 aromatic heterocycles. The molecule has 1 aliphatic heterocycles. The zero-order valence-corrected chi connectivity index (χ0v) is 25.7. The summed E-state index contributed by atoms with van der Waals surface area (Å²) in [6, 6.07) is 46.3. The van der Waals surface area contributed by atoms with Gasteiger partial charge in [-0.2, -0.15) is 0 Å². The minimum atomic E-state index is -3.78. The zero-order valence-electron chi connectivity index (χ0n) is 24.9. The number of sulfone groups is 1.